The minimum absolute atomic E-state index is 0.0240. The van der Waals surface area contributed by atoms with Gasteiger partial charge >= 0.3 is 0 Å². The number of fused-ring (bicyclic) bond motifs is 1. The molecule has 5 N–H and O–H groups in total. The maximum atomic E-state index is 12.7. The van der Waals surface area contributed by atoms with Crippen molar-refractivity contribution in [3.63, 3.8) is 0 Å². The van der Waals surface area contributed by atoms with Gasteiger partial charge in [-0.25, -0.2) is 0 Å². The van der Waals surface area contributed by atoms with Crippen LogP contribution in [0.2, 0.25) is 0 Å². The molecule has 0 atom stereocenters. The largest absolute Gasteiger partial charge is 0.355 e. The summed E-state index contributed by atoms with van der Waals surface area (Å²) in [5.74, 6) is 1.43. The SMILES string of the molecule is O=C(CNC(=O)Cc1cccc2ccccc12)NCCCCCC(=O)N1CCC(CNCCCCNCC2CCNCC2)CC1. The number of carbonyl (C=O) groups is 3. The summed E-state index contributed by atoms with van der Waals surface area (Å²) in [4.78, 5) is 39.3. The number of benzene rings is 2. The molecule has 2 saturated heterocycles. The van der Waals surface area contributed by atoms with Crippen LogP contribution in [0.15, 0.2) is 42.5 Å². The number of carbonyl (C=O) groups excluding carboxylic acids is 3. The number of rotatable bonds is 19. The fourth-order valence-corrected chi connectivity index (χ4v) is 6.47. The van der Waals surface area contributed by atoms with E-state index in [0.29, 0.717) is 18.9 Å². The highest BCUT2D eigenvalue weighted by atomic mass is 16.2. The molecule has 248 valence electrons. The Balaban J connectivity index is 0.937. The summed E-state index contributed by atoms with van der Waals surface area (Å²) in [6.07, 6.45) is 10.6. The lowest BCUT2D eigenvalue weighted by molar-refractivity contribution is -0.132. The molecule has 2 aromatic carbocycles. The van der Waals surface area contributed by atoms with Gasteiger partial charge in [0.2, 0.25) is 17.7 Å². The number of nitrogens with zero attached hydrogens (tertiary/aromatic N) is 1. The number of likely N-dealkylation sites (tertiary alicyclic amines) is 1. The summed E-state index contributed by atoms with van der Waals surface area (Å²) in [7, 11) is 0. The van der Waals surface area contributed by atoms with Crippen molar-refractivity contribution in [1.82, 2.24) is 31.5 Å². The number of amides is 3. The van der Waals surface area contributed by atoms with E-state index in [1.165, 1.54) is 45.3 Å². The lowest BCUT2D eigenvalue weighted by Crippen LogP contribution is -2.40. The maximum absolute atomic E-state index is 12.7. The molecule has 4 rings (SSSR count). The summed E-state index contributed by atoms with van der Waals surface area (Å²) in [6, 6.07) is 13.9. The van der Waals surface area contributed by atoms with E-state index in [0.717, 1.165) is 87.1 Å². The topological polar surface area (TPSA) is 115 Å². The van der Waals surface area contributed by atoms with E-state index in [9.17, 15) is 14.4 Å². The number of unbranched alkanes of at least 4 members (excludes halogenated alkanes) is 3. The highest BCUT2D eigenvalue weighted by Crippen LogP contribution is 2.19. The smallest absolute Gasteiger partial charge is 0.239 e. The fraction of sp³-hybridized carbons (Fsp3) is 0.639. The van der Waals surface area contributed by atoms with Crippen LogP contribution in [0.4, 0.5) is 0 Å². The van der Waals surface area contributed by atoms with Crippen molar-refractivity contribution in [3.8, 4) is 0 Å². The zero-order chi connectivity index (χ0) is 31.5. The highest BCUT2D eigenvalue weighted by molar-refractivity contribution is 5.91. The highest BCUT2D eigenvalue weighted by Gasteiger charge is 2.22. The van der Waals surface area contributed by atoms with Gasteiger partial charge in [0.25, 0.3) is 0 Å². The third-order valence-corrected chi connectivity index (χ3v) is 9.32. The van der Waals surface area contributed by atoms with Crippen LogP contribution in [0.25, 0.3) is 10.8 Å². The molecular formula is C36H56N6O3. The van der Waals surface area contributed by atoms with E-state index < -0.39 is 0 Å². The maximum Gasteiger partial charge on any atom is 0.239 e. The van der Waals surface area contributed by atoms with E-state index in [1.54, 1.807) is 0 Å². The van der Waals surface area contributed by atoms with Crippen molar-refractivity contribution in [1.29, 1.82) is 0 Å². The molecule has 2 aliphatic rings. The van der Waals surface area contributed by atoms with Gasteiger partial charge in [-0.3, -0.25) is 14.4 Å². The Labute approximate surface area is 270 Å². The second kappa shape index (κ2) is 20.2. The van der Waals surface area contributed by atoms with Gasteiger partial charge in [-0.2, -0.15) is 0 Å². The monoisotopic (exact) mass is 620 g/mol. The first kappa shape index (κ1) is 34.9. The average Bonchev–Trinajstić information content (AvgIpc) is 3.07. The Hall–Kier alpha value is -3.01. The molecule has 0 aromatic heterocycles. The first-order chi connectivity index (χ1) is 22.1. The van der Waals surface area contributed by atoms with Crippen molar-refractivity contribution in [2.24, 2.45) is 11.8 Å². The Morgan fingerprint density at radius 1 is 0.711 bits per heavy atom. The average molecular weight is 621 g/mol. The minimum Gasteiger partial charge on any atom is -0.355 e. The van der Waals surface area contributed by atoms with Gasteiger partial charge in [-0.05, 0) is 119 Å². The van der Waals surface area contributed by atoms with Gasteiger partial charge in [-0.15, -0.1) is 0 Å². The molecule has 2 fully saturated rings. The molecule has 2 aromatic rings. The van der Waals surface area contributed by atoms with Gasteiger partial charge in [0.1, 0.15) is 0 Å². The van der Waals surface area contributed by atoms with Crippen molar-refractivity contribution < 1.29 is 14.4 Å². The van der Waals surface area contributed by atoms with E-state index >= 15 is 0 Å². The Morgan fingerprint density at radius 2 is 1.38 bits per heavy atom. The van der Waals surface area contributed by atoms with E-state index in [2.05, 4.69) is 26.6 Å². The molecule has 9 nitrogen and oxygen atoms in total. The Morgan fingerprint density at radius 3 is 2.13 bits per heavy atom. The molecule has 0 saturated carbocycles. The van der Waals surface area contributed by atoms with Crippen molar-refractivity contribution in [2.75, 3.05) is 65.4 Å². The minimum atomic E-state index is -0.185. The second-order valence-electron chi connectivity index (χ2n) is 12.9. The van der Waals surface area contributed by atoms with Crippen LogP contribution in [-0.2, 0) is 20.8 Å². The predicted molar refractivity (Wildman–Crippen MR) is 182 cm³/mol. The Kier molecular flexibility index (Phi) is 15.6. The first-order valence-electron chi connectivity index (χ1n) is 17.5. The summed E-state index contributed by atoms with van der Waals surface area (Å²) in [6.45, 7) is 9.04. The molecule has 9 heteroatoms. The number of nitrogens with one attached hydrogen (secondary N) is 5. The normalized spacial score (nSPS) is 16.1. The predicted octanol–water partition coefficient (Wildman–Crippen LogP) is 3.37. The van der Waals surface area contributed by atoms with Crippen LogP contribution < -0.4 is 26.6 Å². The number of piperidine rings is 2. The van der Waals surface area contributed by atoms with E-state index in [4.69, 9.17) is 0 Å². The van der Waals surface area contributed by atoms with Gasteiger partial charge in [0, 0.05) is 26.1 Å². The Bertz CT molecular complexity index is 1170. The van der Waals surface area contributed by atoms with Crippen molar-refractivity contribution >= 4 is 28.5 Å². The van der Waals surface area contributed by atoms with Crippen LogP contribution >= 0.6 is 0 Å². The third kappa shape index (κ3) is 13.1. The van der Waals surface area contributed by atoms with Gasteiger partial charge in [0.05, 0.1) is 13.0 Å². The molecule has 0 bridgehead atoms. The molecule has 0 spiro atoms. The van der Waals surface area contributed by atoms with Crippen molar-refractivity contribution in [3.05, 3.63) is 48.0 Å². The standard InChI is InChI=1S/C36H56N6O3/c43-34(25-32-11-8-10-31-9-3-4-12-33(31)32)41-28-35(44)40-20-5-1-2-13-36(45)42-23-16-30(17-24-42)27-39-19-7-6-18-38-26-29-14-21-37-22-15-29/h3-4,8-12,29-30,37-39H,1-2,5-7,13-28H2,(H,40,44)(H,41,43). The quantitative estimate of drug-likeness (QED) is 0.154. The zero-order valence-electron chi connectivity index (χ0n) is 27.2. The van der Waals surface area contributed by atoms with Gasteiger partial charge in [0.15, 0.2) is 0 Å². The summed E-state index contributed by atoms with van der Waals surface area (Å²) < 4.78 is 0. The molecular weight excluding hydrogens is 564 g/mol. The molecule has 0 unspecified atom stereocenters. The molecule has 45 heavy (non-hydrogen) atoms. The molecule has 2 heterocycles. The molecule has 2 aliphatic heterocycles. The number of hydrogen-bond acceptors (Lipinski definition) is 6. The van der Waals surface area contributed by atoms with Crippen LogP contribution in [-0.4, -0.2) is 88.1 Å². The lowest BCUT2D eigenvalue weighted by atomic mass is 9.96. The summed E-state index contributed by atoms with van der Waals surface area (Å²) >= 11 is 0. The zero-order valence-corrected chi connectivity index (χ0v) is 27.2. The first-order valence-corrected chi connectivity index (χ1v) is 17.5. The lowest BCUT2D eigenvalue weighted by Gasteiger charge is -2.32. The van der Waals surface area contributed by atoms with E-state index in [1.807, 2.05) is 47.4 Å². The molecule has 0 aliphatic carbocycles. The van der Waals surface area contributed by atoms with E-state index in [-0.39, 0.29) is 30.7 Å². The van der Waals surface area contributed by atoms with Crippen LogP contribution in [0.3, 0.4) is 0 Å². The molecule has 0 radical (unpaired) electrons. The fourth-order valence-electron chi connectivity index (χ4n) is 6.47. The van der Waals surface area contributed by atoms with Gasteiger partial charge < -0.3 is 31.5 Å². The van der Waals surface area contributed by atoms with Crippen LogP contribution in [0.5, 0.6) is 0 Å². The summed E-state index contributed by atoms with van der Waals surface area (Å²) in [5, 5.41) is 18.5. The molecule has 3 amide bonds. The second-order valence-corrected chi connectivity index (χ2v) is 12.9. The van der Waals surface area contributed by atoms with Crippen molar-refractivity contribution in [2.45, 2.75) is 70.6 Å². The van der Waals surface area contributed by atoms with Gasteiger partial charge in [-0.1, -0.05) is 48.9 Å². The third-order valence-electron chi connectivity index (χ3n) is 9.32. The number of hydrogen-bond donors (Lipinski definition) is 5. The van der Waals surface area contributed by atoms with Crippen LogP contribution in [0, 0.1) is 11.8 Å². The summed E-state index contributed by atoms with van der Waals surface area (Å²) in [5.41, 5.74) is 0.953. The van der Waals surface area contributed by atoms with Crippen LogP contribution in [0.1, 0.15) is 69.8 Å².